The summed E-state index contributed by atoms with van der Waals surface area (Å²) in [7, 11) is 6.04. The SMILES string of the molecule is COc1ccc2[nH]cc(C3=CCN(C(=O)C=C4CCC(c5ccccc5)(N(C)C)CC4)CC3)c2c1.Cl. The van der Waals surface area contributed by atoms with E-state index in [1.807, 2.05) is 17.0 Å². The highest BCUT2D eigenvalue weighted by Gasteiger charge is 2.37. The van der Waals surface area contributed by atoms with E-state index in [0.717, 1.165) is 49.9 Å². The van der Waals surface area contributed by atoms with Crippen LogP contribution in [0.5, 0.6) is 5.75 Å². The fraction of sp³-hybridized carbons (Fsp3) is 0.367. The third kappa shape index (κ3) is 4.95. The maximum absolute atomic E-state index is 13.1. The standard InChI is InChI=1S/C30H35N3O2.ClH/c1-32(2)30(24-7-5-4-6-8-24)15-11-22(12-16-30)19-29(34)33-17-13-23(14-18-33)27-21-31-28-10-9-25(35-3)20-26(27)28;/h4-10,13,19-21,31H,11-12,14-18H2,1-3H3;1H. The molecule has 1 aliphatic heterocycles. The number of hydrogen-bond donors (Lipinski definition) is 1. The van der Waals surface area contributed by atoms with Gasteiger partial charge >= 0.3 is 0 Å². The van der Waals surface area contributed by atoms with Crippen molar-refractivity contribution in [2.75, 3.05) is 34.3 Å². The number of H-pyrrole nitrogens is 1. The van der Waals surface area contributed by atoms with Gasteiger partial charge in [0.25, 0.3) is 0 Å². The van der Waals surface area contributed by atoms with Crippen LogP contribution in [0.25, 0.3) is 16.5 Å². The predicted octanol–water partition coefficient (Wildman–Crippen LogP) is 6.17. The number of amides is 1. The molecule has 6 heteroatoms. The first-order valence-electron chi connectivity index (χ1n) is 12.6. The Bertz CT molecular complexity index is 1270. The Kier molecular flexibility index (Phi) is 7.91. The first-order valence-corrected chi connectivity index (χ1v) is 12.6. The van der Waals surface area contributed by atoms with Gasteiger partial charge in [-0.3, -0.25) is 9.69 Å². The van der Waals surface area contributed by atoms with Gasteiger partial charge in [-0.2, -0.15) is 0 Å². The Labute approximate surface area is 220 Å². The second kappa shape index (κ2) is 10.9. The lowest BCUT2D eigenvalue weighted by Crippen LogP contribution is -2.43. The highest BCUT2D eigenvalue weighted by Crippen LogP contribution is 2.43. The smallest absolute Gasteiger partial charge is 0.246 e. The lowest BCUT2D eigenvalue weighted by Gasteiger charge is -2.44. The molecule has 2 aliphatic rings. The molecule has 1 aromatic heterocycles. The number of methoxy groups -OCH3 is 1. The molecule has 1 amide bonds. The van der Waals surface area contributed by atoms with Gasteiger partial charge in [0.05, 0.1) is 7.11 Å². The molecule has 5 rings (SSSR count). The largest absolute Gasteiger partial charge is 0.497 e. The van der Waals surface area contributed by atoms with Crippen LogP contribution in [0, 0.1) is 0 Å². The molecule has 0 atom stereocenters. The van der Waals surface area contributed by atoms with Crippen LogP contribution in [0.1, 0.15) is 43.2 Å². The van der Waals surface area contributed by atoms with Gasteiger partial charge in [-0.15, -0.1) is 12.4 Å². The highest BCUT2D eigenvalue weighted by molar-refractivity contribution is 5.94. The van der Waals surface area contributed by atoms with Gasteiger partial charge in [-0.25, -0.2) is 0 Å². The number of benzene rings is 2. The molecular weight excluding hydrogens is 470 g/mol. The molecule has 190 valence electrons. The minimum absolute atomic E-state index is 0. The van der Waals surface area contributed by atoms with E-state index in [1.54, 1.807) is 7.11 Å². The summed E-state index contributed by atoms with van der Waals surface area (Å²) in [5.41, 5.74) is 6.30. The molecule has 0 bridgehead atoms. The van der Waals surface area contributed by atoms with E-state index >= 15 is 0 Å². The Hall–Kier alpha value is -3.02. The zero-order valence-corrected chi connectivity index (χ0v) is 22.2. The number of allylic oxidation sites excluding steroid dienone is 1. The molecular formula is C30H36ClN3O2. The summed E-state index contributed by atoms with van der Waals surface area (Å²) in [6.45, 7) is 1.40. The van der Waals surface area contributed by atoms with Crippen molar-refractivity contribution in [1.82, 2.24) is 14.8 Å². The third-order valence-corrected chi connectivity index (χ3v) is 7.97. The van der Waals surface area contributed by atoms with E-state index in [2.05, 4.69) is 78.7 Å². The molecule has 2 aromatic carbocycles. The van der Waals surface area contributed by atoms with Crippen molar-refractivity contribution in [3.63, 3.8) is 0 Å². The Morgan fingerprint density at radius 1 is 1.08 bits per heavy atom. The zero-order valence-electron chi connectivity index (χ0n) is 21.4. The molecule has 5 nitrogen and oxygen atoms in total. The number of halogens is 1. The van der Waals surface area contributed by atoms with Crippen molar-refractivity contribution >= 4 is 34.8 Å². The van der Waals surface area contributed by atoms with Gasteiger partial charge in [0.2, 0.25) is 5.91 Å². The average molecular weight is 506 g/mol. The van der Waals surface area contributed by atoms with E-state index in [9.17, 15) is 4.79 Å². The van der Waals surface area contributed by atoms with Crippen LogP contribution in [0.4, 0.5) is 0 Å². The van der Waals surface area contributed by atoms with E-state index < -0.39 is 0 Å². The molecule has 1 aliphatic carbocycles. The number of nitrogens with zero attached hydrogens (tertiary/aromatic N) is 2. The van der Waals surface area contributed by atoms with Crippen LogP contribution in [0.15, 0.2) is 72.5 Å². The Balaban J connectivity index is 0.00000304. The van der Waals surface area contributed by atoms with Gasteiger partial charge in [-0.05, 0) is 75.5 Å². The van der Waals surface area contributed by atoms with E-state index in [4.69, 9.17) is 4.74 Å². The summed E-state index contributed by atoms with van der Waals surface area (Å²) < 4.78 is 5.41. The third-order valence-electron chi connectivity index (χ3n) is 7.97. The average Bonchev–Trinajstić information content (AvgIpc) is 3.33. The van der Waals surface area contributed by atoms with Crippen molar-refractivity contribution in [3.8, 4) is 5.75 Å². The second-order valence-corrected chi connectivity index (χ2v) is 9.97. The number of carbonyl (C=O) groups is 1. The molecule has 1 fully saturated rings. The van der Waals surface area contributed by atoms with Gasteiger partial charge in [-0.1, -0.05) is 42.0 Å². The highest BCUT2D eigenvalue weighted by atomic mass is 35.5. The van der Waals surface area contributed by atoms with Crippen molar-refractivity contribution in [1.29, 1.82) is 0 Å². The Morgan fingerprint density at radius 2 is 1.83 bits per heavy atom. The van der Waals surface area contributed by atoms with Crippen LogP contribution in [0.2, 0.25) is 0 Å². The number of fused-ring (bicyclic) bond motifs is 1. The van der Waals surface area contributed by atoms with E-state index in [0.29, 0.717) is 6.54 Å². The van der Waals surface area contributed by atoms with Gasteiger partial charge in [0.15, 0.2) is 0 Å². The van der Waals surface area contributed by atoms with Crippen LogP contribution < -0.4 is 4.74 Å². The van der Waals surface area contributed by atoms with E-state index in [1.165, 1.54) is 27.7 Å². The molecule has 1 N–H and O–H groups in total. The number of ether oxygens (including phenoxy) is 1. The van der Waals surface area contributed by atoms with Gasteiger partial charge in [0.1, 0.15) is 5.75 Å². The summed E-state index contributed by atoms with van der Waals surface area (Å²) in [5, 5.41) is 1.17. The first-order chi connectivity index (χ1) is 17.0. The maximum Gasteiger partial charge on any atom is 0.246 e. The second-order valence-electron chi connectivity index (χ2n) is 9.97. The molecule has 0 saturated heterocycles. The molecule has 3 aromatic rings. The monoisotopic (exact) mass is 505 g/mol. The maximum atomic E-state index is 13.1. The van der Waals surface area contributed by atoms with E-state index in [-0.39, 0.29) is 23.9 Å². The number of carbonyl (C=O) groups excluding carboxylic acids is 1. The summed E-state index contributed by atoms with van der Waals surface area (Å²) in [5.74, 6) is 1.00. The number of hydrogen-bond acceptors (Lipinski definition) is 3. The van der Waals surface area contributed by atoms with Gasteiger partial charge in [0, 0.05) is 47.4 Å². The Morgan fingerprint density at radius 3 is 2.47 bits per heavy atom. The lowest BCUT2D eigenvalue weighted by molar-refractivity contribution is -0.125. The van der Waals surface area contributed by atoms with Crippen molar-refractivity contribution in [2.24, 2.45) is 0 Å². The van der Waals surface area contributed by atoms with Crippen LogP contribution in [-0.4, -0.2) is 55.0 Å². The van der Waals surface area contributed by atoms with Crippen LogP contribution in [-0.2, 0) is 10.3 Å². The lowest BCUT2D eigenvalue weighted by atomic mass is 9.74. The molecule has 0 spiro atoms. The van der Waals surface area contributed by atoms with Crippen molar-refractivity contribution < 1.29 is 9.53 Å². The molecule has 0 radical (unpaired) electrons. The van der Waals surface area contributed by atoms with Crippen molar-refractivity contribution in [2.45, 2.75) is 37.6 Å². The normalized spacial score (nSPS) is 20.2. The predicted molar refractivity (Wildman–Crippen MR) is 150 cm³/mol. The summed E-state index contributed by atoms with van der Waals surface area (Å²) in [6.07, 6.45) is 11.1. The summed E-state index contributed by atoms with van der Waals surface area (Å²) in [4.78, 5) is 20.8. The summed E-state index contributed by atoms with van der Waals surface area (Å²) in [6, 6.07) is 16.9. The van der Waals surface area contributed by atoms with Crippen LogP contribution >= 0.6 is 12.4 Å². The van der Waals surface area contributed by atoms with Crippen molar-refractivity contribution in [3.05, 3.63) is 83.6 Å². The fourth-order valence-corrected chi connectivity index (χ4v) is 5.74. The number of rotatable bonds is 5. The minimum atomic E-state index is 0. The first kappa shape index (κ1) is 26.1. The number of aromatic nitrogens is 1. The zero-order chi connectivity index (χ0) is 24.4. The topological polar surface area (TPSA) is 48.6 Å². The molecule has 0 unspecified atom stereocenters. The molecule has 1 saturated carbocycles. The van der Waals surface area contributed by atoms with Gasteiger partial charge < -0.3 is 14.6 Å². The molecule has 36 heavy (non-hydrogen) atoms. The van der Waals surface area contributed by atoms with Crippen LogP contribution in [0.3, 0.4) is 0 Å². The number of nitrogens with one attached hydrogen (secondary N) is 1. The quantitative estimate of drug-likeness (QED) is 0.422. The summed E-state index contributed by atoms with van der Waals surface area (Å²) >= 11 is 0. The fourth-order valence-electron chi connectivity index (χ4n) is 5.74. The number of aromatic amines is 1. The molecule has 2 heterocycles. The minimum Gasteiger partial charge on any atom is -0.497 e.